The van der Waals surface area contributed by atoms with E-state index in [2.05, 4.69) is 26.0 Å². The van der Waals surface area contributed by atoms with Crippen LogP contribution in [0.4, 0.5) is 5.69 Å². The van der Waals surface area contributed by atoms with Gasteiger partial charge in [0, 0.05) is 11.5 Å². The van der Waals surface area contributed by atoms with Gasteiger partial charge in [-0.25, -0.2) is 0 Å². The van der Waals surface area contributed by atoms with Crippen molar-refractivity contribution in [3.63, 3.8) is 0 Å². The minimum Gasteiger partial charge on any atom is -0.258 e. The zero-order valence-corrected chi connectivity index (χ0v) is 12.8. The largest absolute Gasteiger partial charge is 0.282 e. The third-order valence-electron chi connectivity index (χ3n) is 3.85. The van der Waals surface area contributed by atoms with E-state index < -0.39 is 0 Å². The van der Waals surface area contributed by atoms with Crippen LogP contribution in [-0.2, 0) is 5.41 Å². The third kappa shape index (κ3) is 1.69. The van der Waals surface area contributed by atoms with Crippen molar-refractivity contribution < 1.29 is 4.92 Å². The molecule has 0 aliphatic heterocycles. The number of rotatable bonds is 1. The summed E-state index contributed by atoms with van der Waals surface area (Å²) in [6.07, 6.45) is 0. The minimum absolute atomic E-state index is 0.180. The molecule has 1 aliphatic carbocycles. The first-order valence-corrected chi connectivity index (χ1v) is 7.09. The molecule has 19 heavy (non-hydrogen) atoms. The Morgan fingerprint density at radius 1 is 1.11 bits per heavy atom. The van der Waals surface area contributed by atoms with Crippen LogP contribution in [0.3, 0.4) is 0 Å². The Labute approximate surface area is 124 Å². The normalized spacial score (nSPS) is 14.9. The Hall–Kier alpha value is -1.43. The summed E-state index contributed by atoms with van der Waals surface area (Å²) in [5.41, 5.74) is 4.61. The van der Waals surface area contributed by atoms with E-state index in [9.17, 15) is 10.1 Å². The fourth-order valence-electron chi connectivity index (χ4n) is 2.85. The molecule has 0 unspecified atom stereocenters. The SMILES string of the molecule is CC1(C)c2ccccc2-c2cc(I)c([N+](=O)[O-])cc21. The van der Waals surface area contributed by atoms with Crippen LogP contribution in [0, 0.1) is 13.7 Å². The average Bonchev–Trinajstić information content (AvgIpc) is 2.58. The van der Waals surface area contributed by atoms with Crippen LogP contribution in [0.25, 0.3) is 11.1 Å². The lowest BCUT2D eigenvalue weighted by Crippen LogP contribution is -2.15. The van der Waals surface area contributed by atoms with Crippen molar-refractivity contribution >= 4 is 28.3 Å². The Bertz CT molecular complexity index is 707. The molecule has 0 N–H and O–H groups in total. The van der Waals surface area contributed by atoms with Crippen LogP contribution in [0.15, 0.2) is 36.4 Å². The molecule has 2 aromatic carbocycles. The van der Waals surface area contributed by atoms with Gasteiger partial charge < -0.3 is 0 Å². The maximum absolute atomic E-state index is 11.1. The van der Waals surface area contributed by atoms with Gasteiger partial charge in [-0.3, -0.25) is 10.1 Å². The van der Waals surface area contributed by atoms with Crippen molar-refractivity contribution in [2.75, 3.05) is 0 Å². The summed E-state index contributed by atoms with van der Waals surface area (Å²) in [5, 5.41) is 11.1. The first-order valence-electron chi connectivity index (χ1n) is 6.01. The van der Waals surface area contributed by atoms with Crippen LogP contribution in [0.2, 0.25) is 0 Å². The molecule has 0 saturated carbocycles. The van der Waals surface area contributed by atoms with Gasteiger partial charge in [0.15, 0.2) is 0 Å². The molecular formula is C15H12INO2. The van der Waals surface area contributed by atoms with Crippen LogP contribution >= 0.6 is 22.6 Å². The number of hydrogen-bond acceptors (Lipinski definition) is 2. The lowest BCUT2D eigenvalue weighted by molar-refractivity contribution is -0.385. The summed E-state index contributed by atoms with van der Waals surface area (Å²) in [5.74, 6) is 0. The molecule has 0 fully saturated rings. The molecule has 0 aromatic heterocycles. The van der Waals surface area contributed by atoms with Crippen molar-refractivity contribution in [1.82, 2.24) is 0 Å². The molecule has 2 aromatic rings. The topological polar surface area (TPSA) is 43.1 Å². The molecule has 0 amide bonds. The monoisotopic (exact) mass is 365 g/mol. The zero-order valence-electron chi connectivity index (χ0n) is 10.6. The van der Waals surface area contributed by atoms with Gasteiger partial charge in [-0.05, 0) is 50.9 Å². The third-order valence-corrected chi connectivity index (χ3v) is 4.71. The molecular weight excluding hydrogens is 353 g/mol. The van der Waals surface area contributed by atoms with Gasteiger partial charge in [0.05, 0.1) is 8.49 Å². The Kier molecular flexibility index (Phi) is 2.67. The maximum atomic E-state index is 11.1. The molecule has 0 spiro atoms. The first-order chi connectivity index (χ1) is 8.93. The van der Waals surface area contributed by atoms with Crippen molar-refractivity contribution in [3.8, 4) is 11.1 Å². The molecule has 4 heteroatoms. The van der Waals surface area contributed by atoms with E-state index in [1.54, 1.807) is 6.07 Å². The van der Waals surface area contributed by atoms with Crippen LogP contribution < -0.4 is 0 Å². The molecule has 1 aliphatic rings. The van der Waals surface area contributed by atoms with Gasteiger partial charge in [-0.15, -0.1) is 0 Å². The molecule has 96 valence electrons. The number of fused-ring (bicyclic) bond motifs is 3. The fraction of sp³-hybridized carbons (Fsp3) is 0.200. The number of hydrogen-bond donors (Lipinski definition) is 0. The van der Waals surface area contributed by atoms with Crippen molar-refractivity contribution in [2.24, 2.45) is 0 Å². The smallest absolute Gasteiger partial charge is 0.258 e. The Morgan fingerprint density at radius 2 is 1.79 bits per heavy atom. The van der Waals surface area contributed by atoms with E-state index >= 15 is 0 Å². The van der Waals surface area contributed by atoms with Gasteiger partial charge >= 0.3 is 0 Å². The summed E-state index contributed by atoms with van der Waals surface area (Å²) in [6.45, 7) is 4.24. The molecule has 0 atom stereocenters. The fourth-order valence-corrected chi connectivity index (χ4v) is 3.51. The van der Waals surface area contributed by atoms with E-state index in [-0.39, 0.29) is 16.0 Å². The van der Waals surface area contributed by atoms with Gasteiger partial charge in [-0.1, -0.05) is 38.1 Å². The molecule has 3 nitrogen and oxygen atoms in total. The summed E-state index contributed by atoms with van der Waals surface area (Å²) >= 11 is 2.04. The van der Waals surface area contributed by atoms with E-state index in [1.165, 1.54) is 11.1 Å². The second-order valence-electron chi connectivity index (χ2n) is 5.28. The Morgan fingerprint density at radius 3 is 2.47 bits per heavy atom. The lowest BCUT2D eigenvalue weighted by Gasteiger charge is -2.21. The van der Waals surface area contributed by atoms with Crippen molar-refractivity contribution in [2.45, 2.75) is 19.3 Å². The van der Waals surface area contributed by atoms with E-state index in [0.29, 0.717) is 3.57 Å². The van der Waals surface area contributed by atoms with Crippen molar-refractivity contribution in [1.29, 1.82) is 0 Å². The predicted octanol–water partition coefficient (Wildman–Crippen LogP) is 4.51. The van der Waals surface area contributed by atoms with Gasteiger partial charge in [-0.2, -0.15) is 0 Å². The number of nitro benzene ring substituents is 1. The highest BCUT2D eigenvalue weighted by atomic mass is 127. The second-order valence-corrected chi connectivity index (χ2v) is 6.44. The quantitative estimate of drug-likeness (QED) is 0.424. The van der Waals surface area contributed by atoms with Crippen LogP contribution in [0.1, 0.15) is 25.0 Å². The minimum atomic E-state index is -0.304. The van der Waals surface area contributed by atoms with E-state index in [0.717, 1.165) is 11.1 Å². The number of nitro groups is 1. The van der Waals surface area contributed by atoms with Crippen LogP contribution in [-0.4, -0.2) is 4.92 Å². The predicted molar refractivity (Wildman–Crippen MR) is 83.4 cm³/mol. The first kappa shape index (κ1) is 12.6. The highest BCUT2D eigenvalue weighted by Gasteiger charge is 2.37. The summed E-state index contributed by atoms with van der Waals surface area (Å²) in [6, 6.07) is 11.9. The summed E-state index contributed by atoms with van der Waals surface area (Å²) in [7, 11) is 0. The van der Waals surface area contributed by atoms with Gasteiger partial charge in [0.25, 0.3) is 5.69 Å². The van der Waals surface area contributed by atoms with Gasteiger partial charge in [0.1, 0.15) is 0 Å². The average molecular weight is 365 g/mol. The number of benzene rings is 2. The standard InChI is InChI=1S/C15H12INO2/c1-15(2)11-6-4-3-5-9(11)10-7-13(16)14(17(18)19)8-12(10)15/h3-8H,1-2H3. The van der Waals surface area contributed by atoms with Crippen LogP contribution in [0.5, 0.6) is 0 Å². The number of halogens is 1. The molecule has 0 bridgehead atoms. The van der Waals surface area contributed by atoms with Gasteiger partial charge in [0.2, 0.25) is 0 Å². The summed E-state index contributed by atoms with van der Waals surface area (Å²) < 4.78 is 0.689. The molecule has 0 saturated heterocycles. The maximum Gasteiger partial charge on any atom is 0.282 e. The van der Waals surface area contributed by atoms with E-state index in [4.69, 9.17) is 0 Å². The zero-order chi connectivity index (χ0) is 13.8. The van der Waals surface area contributed by atoms with E-state index in [1.807, 2.05) is 40.8 Å². The highest BCUT2D eigenvalue weighted by molar-refractivity contribution is 14.1. The highest BCUT2D eigenvalue weighted by Crippen LogP contribution is 2.50. The lowest BCUT2D eigenvalue weighted by atomic mass is 9.82. The van der Waals surface area contributed by atoms with Crippen molar-refractivity contribution in [3.05, 3.63) is 61.2 Å². The number of nitrogens with zero attached hydrogens (tertiary/aromatic N) is 1. The second kappa shape index (κ2) is 4.03. The Balaban J connectivity index is 2.36. The molecule has 0 heterocycles. The molecule has 3 rings (SSSR count). The molecule has 0 radical (unpaired) electrons. The summed E-state index contributed by atoms with van der Waals surface area (Å²) in [4.78, 5) is 10.8.